The van der Waals surface area contributed by atoms with Crippen molar-refractivity contribution in [2.24, 2.45) is 0 Å². The minimum absolute atomic E-state index is 0.660. The van der Waals surface area contributed by atoms with Gasteiger partial charge in [0.2, 0.25) is 0 Å². The third kappa shape index (κ3) is 7.64. The molecule has 0 bridgehead atoms. The molecule has 0 nitrogen and oxygen atoms in total. The summed E-state index contributed by atoms with van der Waals surface area (Å²) in [6, 6.07) is 0. The first kappa shape index (κ1) is 12.3. The van der Waals surface area contributed by atoms with Crippen LogP contribution >= 0.6 is 0 Å². The highest BCUT2D eigenvalue weighted by molar-refractivity contribution is 6.60. The molecule has 0 spiro atoms. The van der Waals surface area contributed by atoms with Gasteiger partial charge in [0.1, 0.15) is 0 Å². The van der Waals surface area contributed by atoms with E-state index in [0.29, 0.717) is 6.71 Å². The maximum absolute atomic E-state index is 3.95. The summed E-state index contributed by atoms with van der Waals surface area (Å²) >= 11 is 0. The Morgan fingerprint density at radius 3 is 1.15 bits per heavy atom. The van der Waals surface area contributed by atoms with Crippen LogP contribution in [0.1, 0.15) is 20.8 Å². The topological polar surface area (TPSA) is 0 Å². The number of rotatable bonds is 6. The van der Waals surface area contributed by atoms with Gasteiger partial charge in [-0.1, -0.05) is 35.7 Å². The summed E-state index contributed by atoms with van der Waals surface area (Å²) in [7, 11) is 0. The van der Waals surface area contributed by atoms with Crippen LogP contribution in [0.5, 0.6) is 0 Å². The average Bonchev–Trinajstić information content (AvgIpc) is 1.80. The summed E-state index contributed by atoms with van der Waals surface area (Å²) in [6.45, 7) is 18.8. The molecule has 0 amide bonds. The third-order valence-corrected chi connectivity index (χ3v) is 1.91. The fourth-order valence-corrected chi connectivity index (χ4v) is 1.69. The van der Waals surface area contributed by atoms with Crippen molar-refractivity contribution in [1.29, 1.82) is 0 Å². The summed E-state index contributed by atoms with van der Waals surface area (Å²) in [6.07, 6.45) is 3.29. The van der Waals surface area contributed by atoms with Crippen LogP contribution < -0.4 is 0 Å². The van der Waals surface area contributed by atoms with Gasteiger partial charge in [-0.2, -0.15) is 0 Å². The molecule has 0 unspecified atom stereocenters. The van der Waals surface area contributed by atoms with Crippen LogP contribution in [-0.4, -0.2) is 6.71 Å². The molecule has 13 heavy (non-hydrogen) atoms. The summed E-state index contributed by atoms with van der Waals surface area (Å²) in [4.78, 5) is 0. The van der Waals surface area contributed by atoms with Crippen LogP contribution in [0, 0.1) is 0 Å². The number of hydrogen-bond donors (Lipinski definition) is 0. The van der Waals surface area contributed by atoms with Gasteiger partial charge >= 0.3 is 0 Å². The second kappa shape index (κ2) is 5.85. The van der Waals surface area contributed by atoms with Crippen molar-refractivity contribution in [3.05, 3.63) is 36.5 Å². The van der Waals surface area contributed by atoms with Crippen molar-refractivity contribution in [3.63, 3.8) is 0 Å². The van der Waals surface area contributed by atoms with E-state index in [9.17, 15) is 0 Å². The molecule has 0 saturated heterocycles. The molecule has 0 aliphatic heterocycles. The molecule has 0 saturated carbocycles. The molecule has 0 aliphatic carbocycles. The van der Waals surface area contributed by atoms with E-state index in [1.54, 1.807) is 0 Å². The van der Waals surface area contributed by atoms with E-state index >= 15 is 0 Å². The van der Waals surface area contributed by atoms with Gasteiger partial charge < -0.3 is 0 Å². The fourth-order valence-electron chi connectivity index (χ4n) is 1.69. The standard InChI is InChI=1S/C12H21B/c1-10(2)7-13(8-11(3)4)9-12(5)6/h1,3,5,7-9H2,2,4,6H3. The molecule has 0 N–H and O–H groups in total. The predicted octanol–water partition coefficient (Wildman–Crippen LogP) is 4.21. The zero-order chi connectivity index (χ0) is 10.4. The normalized spacial score (nSPS) is 9.46. The first-order chi connectivity index (χ1) is 5.91. The highest BCUT2D eigenvalue weighted by Gasteiger charge is 2.13. The van der Waals surface area contributed by atoms with Gasteiger partial charge in [-0.3, -0.25) is 0 Å². The molecule has 72 valence electrons. The van der Waals surface area contributed by atoms with Crippen molar-refractivity contribution in [3.8, 4) is 0 Å². The van der Waals surface area contributed by atoms with Gasteiger partial charge in [0.25, 0.3) is 0 Å². The molecule has 1 heteroatoms. The van der Waals surface area contributed by atoms with Crippen molar-refractivity contribution in [2.45, 2.75) is 39.7 Å². The van der Waals surface area contributed by atoms with Gasteiger partial charge in [0, 0.05) is 0 Å². The smallest absolute Gasteiger partial charge is 0.101 e. The van der Waals surface area contributed by atoms with Crippen LogP contribution in [0.15, 0.2) is 36.5 Å². The number of hydrogen-bond acceptors (Lipinski definition) is 0. The Labute approximate surface area is 83.5 Å². The van der Waals surface area contributed by atoms with Gasteiger partial charge in [-0.05, 0) is 20.8 Å². The molecule has 0 aromatic rings. The Balaban J connectivity index is 4.10. The molecule has 0 heterocycles. The summed E-state index contributed by atoms with van der Waals surface area (Å²) < 4.78 is 0. The lowest BCUT2D eigenvalue weighted by atomic mass is 9.40. The van der Waals surface area contributed by atoms with E-state index in [-0.39, 0.29) is 0 Å². The first-order valence-corrected chi connectivity index (χ1v) is 4.85. The third-order valence-electron chi connectivity index (χ3n) is 1.91. The van der Waals surface area contributed by atoms with Crippen LogP contribution in [0.25, 0.3) is 0 Å². The van der Waals surface area contributed by atoms with Gasteiger partial charge in [-0.25, -0.2) is 0 Å². The summed E-state index contributed by atoms with van der Waals surface area (Å²) in [5.41, 5.74) is 3.77. The van der Waals surface area contributed by atoms with E-state index in [0.717, 1.165) is 19.0 Å². The lowest BCUT2D eigenvalue weighted by molar-refractivity contribution is 1.24. The molecule has 0 fully saturated rings. The van der Waals surface area contributed by atoms with E-state index in [2.05, 4.69) is 40.5 Å². The maximum Gasteiger partial charge on any atom is 0.152 e. The molecule has 0 aromatic heterocycles. The number of allylic oxidation sites excluding steroid dienone is 3. The predicted molar refractivity (Wildman–Crippen MR) is 64.6 cm³/mol. The summed E-state index contributed by atoms with van der Waals surface area (Å²) in [5.74, 6) is 0. The second-order valence-electron chi connectivity index (χ2n) is 4.35. The summed E-state index contributed by atoms with van der Waals surface area (Å²) in [5, 5.41) is 0. The molecule has 0 rings (SSSR count). The van der Waals surface area contributed by atoms with Gasteiger partial charge in [0.05, 0.1) is 0 Å². The Kier molecular flexibility index (Phi) is 5.53. The highest BCUT2D eigenvalue weighted by atomic mass is 13.9. The van der Waals surface area contributed by atoms with Gasteiger partial charge in [-0.15, -0.1) is 19.7 Å². The Bertz CT molecular complexity index is 175. The molecule has 0 radical (unpaired) electrons. The van der Waals surface area contributed by atoms with Crippen LogP contribution in [-0.2, 0) is 0 Å². The Morgan fingerprint density at radius 2 is 1.00 bits per heavy atom. The van der Waals surface area contributed by atoms with Gasteiger partial charge in [0.15, 0.2) is 6.71 Å². The van der Waals surface area contributed by atoms with Crippen LogP contribution in [0.2, 0.25) is 19.0 Å². The largest absolute Gasteiger partial charge is 0.152 e. The fraction of sp³-hybridized carbons (Fsp3) is 0.500. The van der Waals surface area contributed by atoms with Crippen molar-refractivity contribution in [1.82, 2.24) is 0 Å². The Hall–Kier alpha value is -0.715. The van der Waals surface area contributed by atoms with Crippen molar-refractivity contribution >= 4 is 6.71 Å². The Morgan fingerprint density at radius 1 is 0.769 bits per heavy atom. The average molecular weight is 176 g/mol. The monoisotopic (exact) mass is 176 g/mol. The molecular weight excluding hydrogens is 155 g/mol. The maximum atomic E-state index is 3.95. The lowest BCUT2D eigenvalue weighted by Crippen LogP contribution is -2.12. The second-order valence-corrected chi connectivity index (χ2v) is 4.35. The van der Waals surface area contributed by atoms with E-state index in [4.69, 9.17) is 0 Å². The van der Waals surface area contributed by atoms with Crippen LogP contribution in [0.3, 0.4) is 0 Å². The molecular formula is C12H21B. The minimum Gasteiger partial charge on any atom is -0.101 e. The SMILES string of the molecule is C=C(C)CB(CC(=C)C)CC(=C)C. The lowest BCUT2D eigenvalue weighted by Gasteiger charge is -2.13. The zero-order valence-corrected chi connectivity index (χ0v) is 9.32. The first-order valence-electron chi connectivity index (χ1n) is 4.85. The quantitative estimate of drug-likeness (QED) is 0.420. The van der Waals surface area contributed by atoms with E-state index in [1.807, 2.05) is 0 Å². The van der Waals surface area contributed by atoms with E-state index < -0.39 is 0 Å². The minimum atomic E-state index is 0.660. The molecule has 0 aromatic carbocycles. The van der Waals surface area contributed by atoms with Crippen molar-refractivity contribution < 1.29 is 0 Å². The van der Waals surface area contributed by atoms with Crippen molar-refractivity contribution in [2.75, 3.05) is 0 Å². The highest BCUT2D eigenvalue weighted by Crippen LogP contribution is 2.18. The van der Waals surface area contributed by atoms with E-state index in [1.165, 1.54) is 16.7 Å². The zero-order valence-electron chi connectivity index (χ0n) is 9.32. The van der Waals surface area contributed by atoms with Crippen LogP contribution in [0.4, 0.5) is 0 Å². The molecule has 0 atom stereocenters. The molecule has 0 aliphatic rings.